The predicted molar refractivity (Wildman–Crippen MR) is 110 cm³/mol. The van der Waals surface area contributed by atoms with Crippen molar-refractivity contribution < 1.29 is 4.79 Å². The molecule has 4 nitrogen and oxygen atoms in total. The summed E-state index contributed by atoms with van der Waals surface area (Å²) in [5.41, 5.74) is 2.16. The highest BCUT2D eigenvalue weighted by Gasteiger charge is 2.14. The molecule has 3 aromatic rings. The van der Waals surface area contributed by atoms with Crippen LogP contribution in [0.1, 0.15) is 28.4 Å². The van der Waals surface area contributed by atoms with Crippen LogP contribution >= 0.6 is 23.2 Å². The molecule has 0 aliphatic rings. The number of pyridine rings is 1. The van der Waals surface area contributed by atoms with Gasteiger partial charge in [-0.15, -0.1) is 0 Å². The normalized spacial score (nSPS) is 10.6. The maximum atomic E-state index is 12.8. The van der Waals surface area contributed by atoms with Gasteiger partial charge in [-0.05, 0) is 47.9 Å². The number of carbonyl (C=O) groups excluding carboxylic acids is 1. The van der Waals surface area contributed by atoms with Crippen LogP contribution < -0.4 is 10.9 Å². The molecule has 0 atom stereocenters. The van der Waals surface area contributed by atoms with E-state index in [1.165, 1.54) is 10.6 Å². The van der Waals surface area contributed by atoms with Crippen molar-refractivity contribution in [2.75, 3.05) is 5.32 Å². The Morgan fingerprint density at radius 2 is 1.81 bits per heavy atom. The molecular formula is C21H18Cl2N2O2. The summed E-state index contributed by atoms with van der Waals surface area (Å²) in [6.07, 6.45) is 2.41. The maximum absolute atomic E-state index is 12.8. The van der Waals surface area contributed by atoms with Gasteiger partial charge >= 0.3 is 0 Å². The molecular weight excluding hydrogens is 383 g/mol. The van der Waals surface area contributed by atoms with Crippen LogP contribution in [0.15, 0.2) is 65.6 Å². The Bertz CT molecular complexity index is 1040. The quantitative estimate of drug-likeness (QED) is 0.653. The largest absolute Gasteiger partial charge is 0.322 e. The van der Waals surface area contributed by atoms with E-state index >= 15 is 0 Å². The molecule has 2 aromatic carbocycles. The summed E-state index contributed by atoms with van der Waals surface area (Å²) in [6, 6.07) is 15.8. The van der Waals surface area contributed by atoms with Crippen LogP contribution in [0.4, 0.5) is 5.69 Å². The zero-order valence-electron chi connectivity index (χ0n) is 14.7. The van der Waals surface area contributed by atoms with Gasteiger partial charge in [0.2, 0.25) is 0 Å². The molecule has 0 fully saturated rings. The fourth-order valence-electron chi connectivity index (χ4n) is 2.81. The number of nitrogens with zero attached hydrogens (tertiary/aromatic N) is 1. The number of aromatic nitrogens is 1. The van der Waals surface area contributed by atoms with Crippen LogP contribution in [0.3, 0.4) is 0 Å². The van der Waals surface area contributed by atoms with Crippen molar-refractivity contribution in [1.29, 1.82) is 0 Å². The first kappa shape index (κ1) is 19.2. The minimum Gasteiger partial charge on any atom is -0.322 e. The van der Waals surface area contributed by atoms with Crippen molar-refractivity contribution in [2.45, 2.75) is 19.9 Å². The summed E-state index contributed by atoms with van der Waals surface area (Å²) >= 11 is 12.1. The molecule has 1 amide bonds. The number of halogens is 2. The van der Waals surface area contributed by atoms with E-state index in [0.29, 0.717) is 15.7 Å². The Hall–Kier alpha value is -2.56. The Labute approximate surface area is 167 Å². The molecule has 1 heterocycles. The fraction of sp³-hybridized carbons (Fsp3) is 0.143. The van der Waals surface area contributed by atoms with Gasteiger partial charge in [-0.2, -0.15) is 0 Å². The molecule has 138 valence electrons. The number of hydrogen-bond acceptors (Lipinski definition) is 2. The molecule has 6 heteroatoms. The van der Waals surface area contributed by atoms with E-state index in [2.05, 4.69) is 5.32 Å². The molecule has 0 spiro atoms. The van der Waals surface area contributed by atoms with Crippen molar-refractivity contribution in [3.8, 4) is 0 Å². The first-order valence-corrected chi connectivity index (χ1v) is 9.28. The summed E-state index contributed by atoms with van der Waals surface area (Å²) in [6.45, 7) is 2.26. The minimum absolute atomic E-state index is 0.0773. The number of para-hydroxylation sites is 1. The lowest BCUT2D eigenvalue weighted by molar-refractivity contribution is 0.102. The van der Waals surface area contributed by atoms with Crippen LogP contribution in [0.5, 0.6) is 0 Å². The summed E-state index contributed by atoms with van der Waals surface area (Å²) in [5.74, 6) is -0.433. The molecule has 1 aromatic heterocycles. The Balaban J connectivity index is 1.88. The summed E-state index contributed by atoms with van der Waals surface area (Å²) in [5, 5.41) is 3.83. The highest BCUT2D eigenvalue weighted by Crippen LogP contribution is 2.21. The summed E-state index contributed by atoms with van der Waals surface area (Å²) in [7, 11) is 0. The van der Waals surface area contributed by atoms with Gasteiger partial charge in [0.25, 0.3) is 11.5 Å². The van der Waals surface area contributed by atoms with Gasteiger partial charge in [0.15, 0.2) is 0 Å². The average molecular weight is 401 g/mol. The van der Waals surface area contributed by atoms with Gasteiger partial charge in [0.05, 0.1) is 6.54 Å². The highest BCUT2D eigenvalue weighted by atomic mass is 35.5. The Kier molecular flexibility index (Phi) is 5.99. The van der Waals surface area contributed by atoms with Crippen LogP contribution in [0.25, 0.3) is 0 Å². The van der Waals surface area contributed by atoms with E-state index in [-0.39, 0.29) is 17.7 Å². The number of carbonyl (C=O) groups is 1. The van der Waals surface area contributed by atoms with E-state index in [1.54, 1.807) is 30.5 Å². The number of benzene rings is 2. The van der Waals surface area contributed by atoms with Gasteiger partial charge in [-0.3, -0.25) is 9.59 Å². The first-order valence-electron chi connectivity index (χ1n) is 8.52. The second-order valence-corrected chi connectivity index (χ2v) is 6.90. The van der Waals surface area contributed by atoms with E-state index in [0.717, 1.165) is 17.5 Å². The zero-order chi connectivity index (χ0) is 19.4. The Morgan fingerprint density at radius 3 is 2.56 bits per heavy atom. The molecule has 1 N–H and O–H groups in total. The maximum Gasteiger partial charge on any atom is 0.263 e. The monoisotopic (exact) mass is 400 g/mol. The van der Waals surface area contributed by atoms with Gasteiger partial charge in [0.1, 0.15) is 5.56 Å². The second-order valence-electron chi connectivity index (χ2n) is 6.06. The molecule has 0 bridgehead atoms. The molecule has 0 aliphatic carbocycles. The average Bonchev–Trinajstić information content (AvgIpc) is 2.65. The molecule has 0 saturated carbocycles. The van der Waals surface area contributed by atoms with Crippen molar-refractivity contribution >= 4 is 34.8 Å². The van der Waals surface area contributed by atoms with Crippen LogP contribution in [-0.2, 0) is 13.0 Å². The van der Waals surface area contributed by atoms with Crippen LogP contribution in [0, 0.1) is 0 Å². The minimum atomic E-state index is -0.433. The predicted octanol–water partition coefficient (Wildman–Crippen LogP) is 5.02. The lowest BCUT2D eigenvalue weighted by Gasteiger charge is -2.12. The topological polar surface area (TPSA) is 51.1 Å². The summed E-state index contributed by atoms with van der Waals surface area (Å²) in [4.78, 5) is 25.4. The number of anilines is 1. The van der Waals surface area contributed by atoms with Gasteiger partial charge in [-0.25, -0.2) is 0 Å². The second kappa shape index (κ2) is 8.42. The van der Waals surface area contributed by atoms with E-state index in [1.807, 2.05) is 31.2 Å². The van der Waals surface area contributed by atoms with E-state index in [4.69, 9.17) is 23.2 Å². The molecule has 27 heavy (non-hydrogen) atoms. The SMILES string of the molecule is CCc1ccccc1NC(=O)c1cccn(Cc2ccc(Cl)cc2Cl)c1=O. The standard InChI is InChI=1S/C21H18Cl2N2O2/c1-2-14-6-3-4-8-19(14)24-20(26)17-7-5-11-25(21(17)27)13-15-9-10-16(22)12-18(15)23/h3-12H,2,13H2,1H3,(H,24,26). The van der Waals surface area contributed by atoms with Crippen molar-refractivity contribution in [2.24, 2.45) is 0 Å². The molecule has 0 unspecified atom stereocenters. The van der Waals surface area contributed by atoms with Gasteiger partial charge < -0.3 is 9.88 Å². The van der Waals surface area contributed by atoms with Crippen molar-refractivity contribution in [3.63, 3.8) is 0 Å². The molecule has 3 rings (SSSR count). The van der Waals surface area contributed by atoms with Crippen LogP contribution in [-0.4, -0.2) is 10.5 Å². The number of amides is 1. The molecule has 0 aliphatic heterocycles. The molecule has 0 radical (unpaired) electrons. The number of rotatable bonds is 5. The summed E-state index contributed by atoms with van der Waals surface area (Å²) < 4.78 is 1.45. The smallest absolute Gasteiger partial charge is 0.263 e. The van der Waals surface area contributed by atoms with Gasteiger partial charge in [-0.1, -0.05) is 54.4 Å². The molecule has 0 saturated heterocycles. The lowest BCUT2D eigenvalue weighted by atomic mass is 10.1. The van der Waals surface area contributed by atoms with Gasteiger partial charge in [0, 0.05) is 21.9 Å². The van der Waals surface area contributed by atoms with Crippen molar-refractivity contribution in [1.82, 2.24) is 4.57 Å². The number of hydrogen-bond donors (Lipinski definition) is 1. The van der Waals surface area contributed by atoms with Crippen molar-refractivity contribution in [3.05, 3.63) is 97.9 Å². The number of aryl methyl sites for hydroxylation is 1. The van der Waals surface area contributed by atoms with E-state index < -0.39 is 5.91 Å². The third kappa shape index (κ3) is 4.41. The fourth-order valence-corrected chi connectivity index (χ4v) is 3.28. The third-order valence-electron chi connectivity index (χ3n) is 4.27. The Morgan fingerprint density at radius 1 is 1.04 bits per heavy atom. The highest BCUT2D eigenvalue weighted by molar-refractivity contribution is 6.35. The number of nitrogens with one attached hydrogen (secondary N) is 1. The third-order valence-corrected chi connectivity index (χ3v) is 4.85. The first-order chi connectivity index (χ1) is 13.0. The lowest BCUT2D eigenvalue weighted by Crippen LogP contribution is -2.29. The van der Waals surface area contributed by atoms with E-state index in [9.17, 15) is 9.59 Å². The zero-order valence-corrected chi connectivity index (χ0v) is 16.2. The van der Waals surface area contributed by atoms with Crippen LogP contribution in [0.2, 0.25) is 10.0 Å².